The number of hydrogen-bond donors (Lipinski definition) is 2. The van der Waals surface area contributed by atoms with Crippen LogP contribution in [0, 0.1) is 0 Å². The van der Waals surface area contributed by atoms with Crippen LogP contribution in [-0.2, 0) is 4.74 Å². The molecule has 3 heterocycles. The topological polar surface area (TPSA) is 87.8 Å². The van der Waals surface area contributed by atoms with Gasteiger partial charge in [-0.15, -0.1) is 0 Å². The average Bonchev–Trinajstić information content (AvgIpc) is 3.09. The van der Waals surface area contributed by atoms with Crippen molar-refractivity contribution < 1.29 is 9.53 Å². The molecule has 0 aliphatic rings. The van der Waals surface area contributed by atoms with Crippen molar-refractivity contribution in [3.05, 3.63) is 64.8 Å². The molecule has 124 valence electrons. The molecule has 0 spiro atoms. The van der Waals surface area contributed by atoms with Gasteiger partial charge in [-0.2, -0.15) is 0 Å². The zero-order valence-electron chi connectivity index (χ0n) is 13.5. The van der Waals surface area contributed by atoms with Crippen LogP contribution >= 0.6 is 0 Å². The normalized spacial score (nSPS) is 11.1. The van der Waals surface area contributed by atoms with Gasteiger partial charge in [0.15, 0.2) is 0 Å². The zero-order chi connectivity index (χ0) is 17.4. The Labute approximate surface area is 142 Å². The highest BCUT2D eigenvalue weighted by atomic mass is 16.5. The molecule has 0 aliphatic carbocycles. The van der Waals surface area contributed by atoms with Gasteiger partial charge >= 0.3 is 5.97 Å². The first kappa shape index (κ1) is 15.1. The van der Waals surface area contributed by atoms with E-state index in [9.17, 15) is 9.59 Å². The molecule has 0 atom stereocenters. The Morgan fingerprint density at radius 1 is 1.24 bits per heavy atom. The Morgan fingerprint density at radius 3 is 2.88 bits per heavy atom. The third kappa shape index (κ3) is 2.48. The first-order valence-electron chi connectivity index (χ1n) is 7.93. The van der Waals surface area contributed by atoms with Gasteiger partial charge in [-0.05, 0) is 30.7 Å². The van der Waals surface area contributed by atoms with Crippen LogP contribution in [-0.4, -0.2) is 27.5 Å². The molecule has 0 bridgehead atoms. The summed E-state index contributed by atoms with van der Waals surface area (Å²) < 4.78 is 5.12. The second kappa shape index (κ2) is 5.90. The summed E-state index contributed by atoms with van der Waals surface area (Å²) in [5.41, 5.74) is 3.01. The zero-order valence-corrected chi connectivity index (χ0v) is 13.5. The number of nitrogens with one attached hydrogen (secondary N) is 2. The van der Waals surface area contributed by atoms with Gasteiger partial charge in [0.25, 0.3) is 5.56 Å². The number of ether oxygens (including phenoxy) is 1. The van der Waals surface area contributed by atoms with Gasteiger partial charge in [0.1, 0.15) is 5.52 Å². The molecule has 3 aromatic heterocycles. The van der Waals surface area contributed by atoms with Gasteiger partial charge in [0.2, 0.25) is 0 Å². The largest absolute Gasteiger partial charge is 0.462 e. The van der Waals surface area contributed by atoms with E-state index in [1.807, 2.05) is 30.3 Å². The van der Waals surface area contributed by atoms with Crippen molar-refractivity contribution >= 4 is 27.8 Å². The van der Waals surface area contributed by atoms with E-state index in [0.717, 1.165) is 16.5 Å². The lowest BCUT2D eigenvalue weighted by Crippen LogP contribution is -2.08. The highest BCUT2D eigenvalue weighted by Crippen LogP contribution is 2.29. The molecule has 6 nitrogen and oxygen atoms in total. The smallest absolute Gasteiger partial charge is 0.340 e. The maximum absolute atomic E-state index is 12.3. The number of rotatable bonds is 3. The highest BCUT2D eigenvalue weighted by Gasteiger charge is 2.18. The van der Waals surface area contributed by atoms with E-state index in [1.54, 1.807) is 19.3 Å². The molecule has 6 heteroatoms. The number of pyridine rings is 2. The molecule has 0 saturated heterocycles. The second-order valence-electron chi connectivity index (χ2n) is 5.63. The molecular formula is C19H15N3O3. The van der Waals surface area contributed by atoms with Gasteiger partial charge < -0.3 is 14.7 Å². The summed E-state index contributed by atoms with van der Waals surface area (Å²) in [6, 6.07) is 9.52. The summed E-state index contributed by atoms with van der Waals surface area (Å²) in [5, 5.41) is 1.35. The van der Waals surface area contributed by atoms with Crippen molar-refractivity contribution in [3.8, 4) is 11.1 Å². The van der Waals surface area contributed by atoms with E-state index in [-0.39, 0.29) is 12.2 Å². The van der Waals surface area contributed by atoms with Crippen molar-refractivity contribution in [2.75, 3.05) is 6.61 Å². The van der Waals surface area contributed by atoms with Crippen LogP contribution in [0.5, 0.6) is 0 Å². The molecule has 2 N–H and O–H groups in total. The number of esters is 1. The quantitative estimate of drug-likeness (QED) is 0.563. The monoisotopic (exact) mass is 333 g/mol. The molecule has 0 unspecified atom stereocenters. The molecule has 0 fully saturated rings. The van der Waals surface area contributed by atoms with Crippen LogP contribution in [0.3, 0.4) is 0 Å². The molecule has 4 rings (SSSR count). The molecular weight excluding hydrogens is 318 g/mol. The van der Waals surface area contributed by atoms with Crippen molar-refractivity contribution in [1.82, 2.24) is 15.0 Å². The van der Waals surface area contributed by atoms with Gasteiger partial charge in [-0.1, -0.05) is 12.1 Å². The van der Waals surface area contributed by atoms with Crippen molar-refractivity contribution in [2.45, 2.75) is 6.92 Å². The summed E-state index contributed by atoms with van der Waals surface area (Å²) >= 11 is 0. The number of hydrogen-bond acceptors (Lipinski definition) is 4. The van der Waals surface area contributed by atoms with E-state index in [4.69, 9.17) is 4.74 Å². The predicted octanol–water partition coefficient (Wildman–Crippen LogP) is 3.25. The molecule has 25 heavy (non-hydrogen) atoms. The lowest BCUT2D eigenvalue weighted by molar-refractivity contribution is 0.0529. The minimum atomic E-state index is -0.451. The molecule has 0 aliphatic heterocycles. The van der Waals surface area contributed by atoms with Gasteiger partial charge in [0, 0.05) is 40.4 Å². The summed E-state index contributed by atoms with van der Waals surface area (Å²) in [5.74, 6) is -0.451. The number of H-pyrrole nitrogens is 2. The summed E-state index contributed by atoms with van der Waals surface area (Å²) in [7, 11) is 0. The Bertz CT molecular complexity index is 1140. The third-order valence-corrected chi connectivity index (χ3v) is 4.13. The van der Waals surface area contributed by atoms with Gasteiger partial charge in [0.05, 0.1) is 12.2 Å². The van der Waals surface area contributed by atoms with Gasteiger partial charge in [-0.3, -0.25) is 9.78 Å². The van der Waals surface area contributed by atoms with E-state index in [2.05, 4.69) is 15.0 Å². The highest BCUT2D eigenvalue weighted by molar-refractivity contribution is 6.15. The SMILES string of the molecule is CCOC(=O)c1c[nH]c2c(=O)[nH]c3ccc(-c4cccnc4)cc3c12. The minimum Gasteiger partial charge on any atom is -0.462 e. The Kier molecular flexibility index (Phi) is 3.57. The first-order chi connectivity index (χ1) is 12.2. The Morgan fingerprint density at radius 2 is 2.12 bits per heavy atom. The standard InChI is InChI=1S/C19H15N3O3/c1-2-25-19(24)14-10-21-17-16(14)13-8-11(12-4-3-7-20-9-12)5-6-15(13)22-18(17)23/h3-10,21H,2H2,1H3,(H,22,23). The van der Waals surface area contributed by atoms with Crippen LogP contribution in [0.4, 0.5) is 0 Å². The molecule has 0 amide bonds. The number of carbonyl (C=O) groups is 1. The number of nitrogens with zero attached hydrogens (tertiary/aromatic N) is 1. The number of carbonyl (C=O) groups excluding carboxylic acids is 1. The maximum Gasteiger partial charge on any atom is 0.340 e. The number of benzene rings is 1. The maximum atomic E-state index is 12.3. The van der Waals surface area contributed by atoms with Crippen LogP contribution in [0.25, 0.3) is 32.9 Å². The van der Waals surface area contributed by atoms with Crippen LogP contribution in [0.2, 0.25) is 0 Å². The summed E-state index contributed by atoms with van der Waals surface area (Å²) in [6.45, 7) is 2.02. The molecule has 0 radical (unpaired) electrons. The van der Waals surface area contributed by atoms with Crippen molar-refractivity contribution in [3.63, 3.8) is 0 Å². The molecule has 0 saturated carbocycles. The lowest BCUT2D eigenvalue weighted by Gasteiger charge is -2.06. The van der Waals surface area contributed by atoms with Crippen molar-refractivity contribution in [2.24, 2.45) is 0 Å². The number of aromatic nitrogens is 3. The summed E-state index contributed by atoms with van der Waals surface area (Å²) in [6.07, 6.45) is 5.01. The number of aromatic amines is 2. The fourth-order valence-electron chi connectivity index (χ4n) is 3.01. The average molecular weight is 333 g/mol. The Hall–Kier alpha value is -3.41. The number of fused-ring (bicyclic) bond motifs is 3. The van der Waals surface area contributed by atoms with Crippen LogP contribution in [0.15, 0.2) is 53.7 Å². The minimum absolute atomic E-state index is 0.271. The summed E-state index contributed by atoms with van der Waals surface area (Å²) in [4.78, 5) is 34.4. The van der Waals surface area contributed by atoms with E-state index >= 15 is 0 Å². The van der Waals surface area contributed by atoms with E-state index < -0.39 is 5.97 Å². The lowest BCUT2D eigenvalue weighted by atomic mass is 10.0. The molecule has 4 aromatic rings. The van der Waals surface area contributed by atoms with E-state index in [1.165, 1.54) is 6.20 Å². The third-order valence-electron chi connectivity index (χ3n) is 4.13. The van der Waals surface area contributed by atoms with E-state index in [0.29, 0.717) is 22.0 Å². The fourth-order valence-corrected chi connectivity index (χ4v) is 3.01. The van der Waals surface area contributed by atoms with Crippen LogP contribution in [0.1, 0.15) is 17.3 Å². The molecule has 1 aromatic carbocycles. The second-order valence-corrected chi connectivity index (χ2v) is 5.63. The van der Waals surface area contributed by atoms with Crippen LogP contribution < -0.4 is 5.56 Å². The Balaban J connectivity index is 2.04. The predicted molar refractivity (Wildman–Crippen MR) is 95.6 cm³/mol. The fraction of sp³-hybridized carbons (Fsp3) is 0.105. The van der Waals surface area contributed by atoms with Gasteiger partial charge in [-0.25, -0.2) is 4.79 Å². The first-order valence-corrected chi connectivity index (χ1v) is 7.93. The van der Waals surface area contributed by atoms with Crippen molar-refractivity contribution in [1.29, 1.82) is 0 Å².